The van der Waals surface area contributed by atoms with E-state index in [9.17, 15) is 0 Å². The van der Waals surface area contributed by atoms with Crippen molar-refractivity contribution in [1.29, 1.82) is 0 Å². The molecule has 11 aromatic rings. The summed E-state index contributed by atoms with van der Waals surface area (Å²) in [6, 6.07) is 76.4. The molecule has 0 amide bonds. The molecule has 1 spiro atoms. The second-order valence-corrected chi connectivity index (χ2v) is 22.5. The van der Waals surface area contributed by atoms with Crippen molar-refractivity contribution < 1.29 is 0 Å². The van der Waals surface area contributed by atoms with Crippen molar-refractivity contribution in [3.63, 3.8) is 0 Å². The smallest absolute Gasteiger partial charge is 0.0546 e. The topological polar surface area (TPSA) is 6.48 Å². The number of rotatable bonds is 6. The van der Waals surface area contributed by atoms with Gasteiger partial charge < -0.3 is 9.80 Å². The Hall–Kier alpha value is -7.42. The molecule has 16 rings (SSSR count). The van der Waals surface area contributed by atoms with Crippen LogP contribution < -0.4 is 9.80 Å². The van der Waals surface area contributed by atoms with Crippen molar-refractivity contribution in [3.8, 4) is 11.1 Å². The zero-order valence-electron chi connectivity index (χ0n) is 40.3. The van der Waals surface area contributed by atoms with E-state index in [1.165, 1.54) is 131 Å². The van der Waals surface area contributed by atoms with Crippen molar-refractivity contribution in [2.45, 2.75) is 63.7 Å². The van der Waals surface area contributed by atoms with E-state index in [0.717, 1.165) is 29.4 Å². The molecule has 4 bridgehead atoms. The second-order valence-electron chi connectivity index (χ2n) is 22.5. The first-order valence-electron chi connectivity index (χ1n) is 25.9. The first-order valence-corrected chi connectivity index (χ1v) is 25.9. The van der Waals surface area contributed by atoms with E-state index >= 15 is 0 Å². The number of para-hydroxylation sites is 2. The van der Waals surface area contributed by atoms with Gasteiger partial charge in [-0.1, -0.05) is 166 Å². The van der Waals surface area contributed by atoms with Crippen LogP contribution in [0.5, 0.6) is 0 Å². The highest BCUT2D eigenvalue weighted by atomic mass is 15.2. The highest BCUT2D eigenvalue weighted by Gasteiger charge is 2.61. The van der Waals surface area contributed by atoms with Crippen LogP contribution in [-0.2, 0) is 10.8 Å². The fourth-order valence-electron chi connectivity index (χ4n) is 15.2. The first-order chi connectivity index (χ1) is 34.3. The van der Waals surface area contributed by atoms with Gasteiger partial charge in [0.05, 0.1) is 17.1 Å². The minimum Gasteiger partial charge on any atom is -0.310 e. The summed E-state index contributed by atoms with van der Waals surface area (Å²) < 4.78 is 0. The Labute approximate surface area is 411 Å². The van der Waals surface area contributed by atoms with Crippen LogP contribution in [0.25, 0.3) is 65.0 Å². The molecule has 0 aromatic heterocycles. The van der Waals surface area contributed by atoms with Gasteiger partial charge in [-0.15, -0.1) is 0 Å². The highest BCUT2D eigenvalue weighted by Crippen LogP contribution is 2.70. The molecule has 0 radical (unpaired) electrons. The van der Waals surface area contributed by atoms with Gasteiger partial charge in [-0.2, -0.15) is 0 Å². The molecule has 2 heteroatoms. The Bertz CT molecular complexity index is 3870. The fourth-order valence-corrected chi connectivity index (χ4v) is 15.2. The van der Waals surface area contributed by atoms with Crippen molar-refractivity contribution >= 4 is 88.0 Å². The van der Waals surface area contributed by atoms with Gasteiger partial charge >= 0.3 is 0 Å². The molecule has 0 N–H and O–H groups in total. The Morgan fingerprint density at radius 3 is 1.51 bits per heavy atom. The van der Waals surface area contributed by atoms with Gasteiger partial charge in [-0.25, -0.2) is 0 Å². The summed E-state index contributed by atoms with van der Waals surface area (Å²) in [4.78, 5) is 5.06. The van der Waals surface area contributed by atoms with Gasteiger partial charge in [0.1, 0.15) is 0 Å². The molecule has 0 aliphatic heterocycles. The first kappa shape index (κ1) is 40.5. The third-order valence-electron chi connectivity index (χ3n) is 17.9. The van der Waals surface area contributed by atoms with Crippen LogP contribution in [0.3, 0.4) is 0 Å². The summed E-state index contributed by atoms with van der Waals surface area (Å²) in [5, 5.41) is 12.6. The van der Waals surface area contributed by atoms with E-state index < -0.39 is 0 Å². The maximum absolute atomic E-state index is 2.60. The van der Waals surface area contributed by atoms with Gasteiger partial charge in [-0.3, -0.25) is 0 Å². The van der Waals surface area contributed by atoms with Crippen molar-refractivity contribution in [2.75, 3.05) is 9.80 Å². The van der Waals surface area contributed by atoms with E-state index in [0.29, 0.717) is 0 Å². The normalized spacial score (nSPS) is 21.1. The monoisotopic (exact) mass is 900 g/mol. The van der Waals surface area contributed by atoms with Crippen LogP contribution in [0.4, 0.5) is 34.1 Å². The SMILES string of the molecule is CC(C)(C)c1ccc2c(c1)-c1cc(N(c3ccccc3)c3ccc4ccc5c(N(c6ccccc6)c6cc7ccccc7c7ccccc67)ccc6ccc3c4c65)ccc1C21C2CC3CC(C2)CC1C3. The third kappa shape index (κ3) is 5.68. The summed E-state index contributed by atoms with van der Waals surface area (Å²) in [5.41, 5.74) is 14.8. The summed E-state index contributed by atoms with van der Waals surface area (Å²) in [7, 11) is 0. The Balaban J connectivity index is 0.950. The molecule has 2 nitrogen and oxygen atoms in total. The van der Waals surface area contributed by atoms with Gasteiger partial charge in [0.15, 0.2) is 0 Å². The van der Waals surface area contributed by atoms with Crippen LogP contribution in [0.1, 0.15) is 69.6 Å². The lowest BCUT2D eigenvalue weighted by Gasteiger charge is -2.61. The quantitative estimate of drug-likeness (QED) is 0.153. The molecule has 5 aliphatic rings. The average Bonchev–Trinajstić information content (AvgIpc) is 3.68. The van der Waals surface area contributed by atoms with Gasteiger partial charge in [0.25, 0.3) is 0 Å². The Morgan fingerprint density at radius 2 is 0.886 bits per heavy atom. The zero-order valence-corrected chi connectivity index (χ0v) is 40.3. The Morgan fingerprint density at radius 1 is 0.371 bits per heavy atom. The standard InChI is InChI=1S/C68H56N2/c1-67(2,3)47-26-30-60-58(40-47)59-41-52(27-31-61(59)68(60)48-35-42-34-43(37-48)38-49(68)36-42)69(50-15-6-4-7-16-50)62-32-24-44-23-29-57-63(33-25-45-22-28-56(62)65(44)66(45)57)70(51-17-8-5-9-18-51)64-39-46-14-10-11-19-53(46)54-20-12-13-21-55(54)64/h4-33,39-43,48-49H,34-38H2,1-3H3. The molecular weight excluding hydrogens is 845 g/mol. The molecule has 11 aromatic carbocycles. The maximum Gasteiger partial charge on any atom is 0.0546 e. The minimum atomic E-state index is 0.0612. The third-order valence-corrected chi connectivity index (χ3v) is 17.9. The number of hydrogen-bond acceptors (Lipinski definition) is 2. The van der Waals surface area contributed by atoms with E-state index in [1.807, 2.05) is 0 Å². The molecular formula is C68H56N2. The van der Waals surface area contributed by atoms with Crippen molar-refractivity contribution in [3.05, 3.63) is 217 Å². The molecule has 0 heterocycles. The van der Waals surface area contributed by atoms with Crippen molar-refractivity contribution in [2.24, 2.45) is 23.7 Å². The predicted octanol–water partition coefficient (Wildman–Crippen LogP) is 18.9. The van der Waals surface area contributed by atoms with Crippen LogP contribution >= 0.6 is 0 Å². The largest absolute Gasteiger partial charge is 0.310 e. The summed E-state index contributed by atoms with van der Waals surface area (Å²) in [6.45, 7) is 7.12. The van der Waals surface area contributed by atoms with Crippen LogP contribution in [0.15, 0.2) is 200 Å². The number of benzene rings is 11. The van der Waals surface area contributed by atoms with Crippen LogP contribution in [0.2, 0.25) is 0 Å². The van der Waals surface area contributed by atoms with Gasteiger partial charge in [0, 0.05) is 38.6 Å². The van der Waals surface area contributed by atoms with Gasteiger partial charge in [-0.05, 0) is 181 Å². The van der Waals surface area contributed by atoms with Crippen molar-refractivity contribution in [1.82, 2.24) is 0 Å². The molecule has 4 saturated carbocycles. The highest BCUT2D eigenvalue weighted by molar-refractivity contribution is 6.28. The van der Waals surface area contributed by atoms with E-state index in [4.69, 9.17) is 0 Å². The lowest BCUT2D eigenvalue weighted by atomic mass is 9.43. The molecule has 0 atom stereocenters. The average molecular weight is 901 g/mol. The molecule has 0 unspecified atom stereocenters. The summed E-state index contributed by atoms with van der Waals surface area (Å²) in [6.07, 6.45) is 7.01. The number of anilines is 6. The Kier molecular flexibility index (Phi) is 8.55. The minimum absolute atomic E-state index is 0.0612. The molecule has 338 valence electrons. The molecule has 4 fully saturated rings. The predicted molar refractivity (Wildman–Crippen MR) is 296 cm³/mol. The maximum atomic E-state index is 2.60. The van der Waals surface area contributed by atoms with Gasteiger partial charge in [0.2, 0.25) is 0 Å². The van der Waals surface area contributed by atoms with Crippen LogP contribution in [-0.4, -0.2) is 0 Å². The molecule has 70 heavy (non-hydrogen) atoms. The lowest BCUT2D eigenvalue weighted by molar-refractivity contribution is -0.0399. The van der Waals surface area contributed by atoms with E-state index in [-0.39, 0.29) is 10.8 Å². The summed E-state index contributed by atoms with van der Waals surface area (Å²) in [5.74, 6) is 3.27. The number of hydrogen-bond donors (Lipinski definition) is 0. The second kappa shape index (κ2) is 14.8. The summed E-state index contributed by atoms with van der Waals surface area (Å²) >= 11 is 0. The van der Waals surface area contributed by atoms with E-state index in [1.54, 1.807) is 11.1 Å². The number of fused-ring (bicyclic) bond motifs is 6. The lowest BCUT2D eigenvalue weighted by Crippen LogP contribution is -2.55. The van der Waals surface area contributed by atoms with Crippen LogP contribution in [0, 0.1) is 23.7 Å². The fraction of sp³-hybridized carbons (Fsp3) is 0.206. The molecule has 5 aliphatic carbocycles. The number of nitrogens with zero attached hydrogens (tertiary/aromatic N) is 2. The van der Waals surface area contributed by atoms with E-state index in [2.05, 4.69) is 231 Å². The molecule has 0 saturated heterocycles. The zero-order chi connectivity index (χ0) is 46.5.